The molecule has 3 aromatic carbocycles. The summed E-state index contributed by atoms with van der Waals surface area (Å²) in [7, 11) is 0. The van der Waals surface area contributed by atoms with E-state index in [4.69, 9.17) is 9.47 Å². The third-order valence-electron chi connectivity index (χ3n) is 4.38. The van der Waals surface area contributed by atoms with Crippen LogP contribution in [0, 0.1) is 0 Å². The minimum Gasteiger partial charge on any atom is -0.493 e. The summed E-state index contributed by atoms with van der Waals surface area (Å²) in [5.74, 6) is 1.41. The maximum atomic E-state index is 12.3. The number of benzene rings is 3. The third-order valence-corrected chi connectivity index (χ3v) is 4.38. The van der Waals surface area contributed by atoms with Gasteiger partial charge in [-0.05, 0) is 29.0 Å². The zero-order valence-corrected chi connectivity index (χ0v) is 13.8. The van der Waals surface area contributed by atoms with E-state index in [9.17, 15) is 4.79 Å². The van der Waals surface area contributed by atoms with Crippen molar-refractivity contribution in [3.63, 3.8) is 0 Å². The van der Waals surface area contributed by atoms with Crippen LogP contribution in [-0.4, -0.2) is 19.1 Å². The van der Waals surface area contributed by atoms with Crippen LogP contribution >= 0.6 is 0 Å². The van der Waals surface area contributed by atoms with E-state index in [1.54, 1.807) is 0 Å². The van der Waals surface area contributed by atoms with Gasteiger partial charge in [-0.1, -0.05) is 48.5 Å². The Kier molecular flexibility index (Phi) is 4.25. The quantitative estimate of drug-likeness (QED) is 0.789. The second-order valence-electron chi connectivity index (χ2n) is 6.09. The minimum atomic E-state index is -0.130. The van der Waals surface area contributed by atoms with Crippen molar-refractivity contribution in [2.45, 2.75) is 12.5 Å². The van der Waals surface area contributed by atoms with Gasteiger partial charge >= 0.3 is 0 Å². The number of nitrogens with one attached hydrogen (secondary N) is 1. The SMILES string of the molecule is O=C(COc1ccc2ccccc2c1)N[C@H]1CCOc2ccccc21. The van der Waals surface area contributed by atoms with Crippen molar-refractivity contribution in [3.05, 3.63) is 72.3 Å². The second kappa shape index (κ2) is 6.85. The number of fused-ring (bicyclic) bond motifs is 2. The molecule has 0 unspecified atom stereocenters. The van der Waals surface area contributed by atoms with Gasteiger partial charge in [0, 0.05) is 12.0 Å². The van der Waals surface area contributed by atoms with Gasteiger partial charge in [-0.2, -0.15) is 0 Å². The lowest BCUT2D eigenvalue weighted by atomic mass is 10.0. The van der Waals surface area contributed by atoms with Crippen molar-refractivity contribution in [3.8, 4) is 11.5 Å². The molecule has 1 heterocycles. The molecule has 0 aromatic heterocycles. The Balaban J connectivity index is 1.39. The number of rotatable bonds is 4. The lowest BCUT2D eigenvalue weighted by Gasteiger charge is -2.26. The largest absolute Gasteiger partial charge is 0.493 e. The molecule has 1 N–H and O–H groups in total. The highest BCUT2D eigenvalue weighted by Gasteiger charge is 2.22. The molecule has 0 saturated heterocycles. The van der Waals surface area contributed by atoms with E-state index in [0.29, 0.717) is 12.4 Å². The maximum absolute atomic E-state index is 12.3. The van der Waals surface area contributed by atoms with Crippen LogP contribution in [-0.2, 0) is 4.79 Å². The van der Waals surface area contributed by atoms with E-state index in [2.05, 4.69) is 11.4 Å². The van der Waals surface area contributed by atoms with Gasteiger partial charge in [-0.15, -0.1) is 0 Å². The zero-order chi connectivity index (χ0) is 17.1. The Morgan fingerprint density at radius 1 is 1.04 bits per heavy atom. The first-order chi connectivity index (χ1) is 12.3. The molecule has 4 rings (SSSR count). The minimum absolute atomic E-state index is 0.00212. The summed E-state index contributed by atoms with van der Waals surface area (Å²) >= 11 is 0. The summed E-state index contributed by atoms with van der Waals surface area (Å²) in [6, 6.07) is 21.7. The van der Waals surface area contributed by atoms with Crippen LogP contribution in [0.1, 0.15) is 18.0 Å². The molecule has 0 fully saturated rings. The second-order valence-corrected chi connectivity index (χ2v) is 6.09. The topological polar surface area (TPSA) is 47.6 Å². The molecule has 0 spiro atoms. The predicted molar refractivity (Wildman–Crippen MR) is 96.9 cm³/mol. The van der Waals surface area contributed by atoms with E-state index in [0.717, 1.165) is 28.5 Å². The summed E-state index contributed by atoms with van der Waals surface area (Å²) in [6.07, 6.45) is 0.763. The van der Waals surface area contributed by atoms with E-state index < -0.39 is 0 Å². The smallest absolute Gasteiger partial charge is 0.258 e. The monoisotopic (exact) mass is 333 g/mol. The van der Waals surface area contributed by atoms with Gasteiger partial charge in [-0.3, -0.25) is 4.79 Å². The zero-order valence-electron chi connectivity index (χ0n) is 13.8. The van der Waals surface area contributed by atoms with Crippen LogP contribution in [0.2, 0.25) is 0 Å². The van der Waals surface area contributed by atoms with Crippen molar-refractivity contribution in [2.75, 3.05) is 13.2 Å². The average Bonchev–Trinajstić information content (AvgIpc) is 2.66. The number of amides is 1. The van der Waals surface area contributed by atoms with E-state index in [1.807, 2.05) is 60.7 Å². The molecule has 1 aliphatic heterocycles. The van der Waals surface area contributed by atoms with Crippen LogP contribution in [0.4, 0.5) is 0 Å². The van der Waals surface area contributed by atoms with Crippen molar-refractivity contribution >= 4 is 16.7 Å². The van der Waals surface area contributed by atoms with Crippen molar-refractivity contribution in [2.24, 2.45) is 0 Å². The number of hydrogen-bond acceptors (Lipinski definition) is 3. The number of ether oxygens (including phenoxy) is 2. The molecule has 0 bridgehead atoms. The summed E-state index contributed by atoms with van der Waals surface area (Å²) in [5, 5.41) is 5.29. The highest BCUT2D eigenvalue weighted by molar-refractivity contribution is 5.84. The van der Waals surface area contributed by atoms with Crippen LogP contribution in [0.15, 0.2) is 66.7 Å². The first-order valence-electron chi connectivity index (χ1n) is 8.42. The molecule has 1 amide bonds. The van der Waals surface area contributed by atoms with Crippen molar-refractivity contribution < 1.29 is 14.3 Å². The highest BCUT2D eigenvalue weighted by atomic mass is 16.5. The summed E-state index contributed by atoms with van der Waals surface area (Å²) in [5.41, 5.74) is 1.02. The molecule has 0 saturated carbocycles. The Labute approximate surface area is 146 Å². The predicted octanol–water partition coefficient (Wildman–Crippen LogP) is 3.86. The molecule has 0 radical (unpaired) electrons. The van der Waals surface area contributed by atoms with Crippen LogP contribution in [0.5, 0.6) is 11.5 Å². The van der Waals surface area contributed by atoms with Crippen molar-refractivity contribution in [1.29, 1.82) is 0 Å². The Bertz CT molecular complexity index is 906. The Morgan fingerprint density at radius 2 is 1.84 bits per heavy atom. The highest BCUT2D eigenvalue weighted by Crippen LogP contribution is 2.31. The molecular formula is C21H19NO3. The van der Waals surface area contributed by atoms with Gasteiger partial charge in [0.05, 0.1) is 12.6 Å². The molecule has 25 heavy (non-hydrogen) atoms. The third kappa shape index (κ3) is 3.43. The first-order valence-corrected chi connectivity index (χ1v) is 8.42. The van der Waals surface area contributed by atoms with Crippen LogP contribution < -0.4 is 14.8 Å². The summed E-state index contributed by atoms with van der Waals surface area (Å²) < 4.78 is 11.3. The average molecular weight is 333 g/mol. The Morgan fingerprint density at radius 3 is 2.76 bits per heavy atom. The fourth-order valence-electron chi connectivity index (χ4n) is 3.13. The Hall–Kier alpha value is -3.01. The molecule has 0 aliphatic carbocycles. The van der Waals surface area contributed by atoms with Crippen molar-refractivity contribution in [1.82, 2.24) is 5.32 Å². The van der Waals surface area contributed by atoms with Crippen LogP contribution in [0.25, 0.3) is 10.8 Å². The summed E-state index contributed by atoms with van der Waals surface area (Å²) in [6.45, 7) is 0.603. The molecule has 1 aliphatic rings. The van der Waals surface area contributed by atoms with Gasteiger partial charge in [0.15, 0.2) is 6.61 Å². The molecule has 4 nitrogen and oxygen atoms in total. The number of carbonyl (C=O) groups is 1. The molecular weight excluding hydrogens is 314 g/mol. The van der Waals surface area contributed by atoms with E-state index in [-0.39, 0.29) is 18.6 Å². The molecule has 126 valence electrons. The lowest BCUT2D eigenvalue weighted by Crippen LogP contribution is -2.35. The number of hydrogen-bond donors (Lipinski definition) is 1. The van der Waals surface area contributed by atoms with Gasteiger partial charge < -0.3 is 14.8 Å². The van der Waals surface area contributed by atoms with Gasteiger partial charge in [0.1, 0.15) is 11.5 Å². The fourth-order valence-corrected chi connectivity index (χ4v) is 3.13. The summed E-state index contributed by atoms with van der Waals surface area (Å²) in [4.78, 5) is 12.3. The molecule has 3 aromatic rings. The number of para-hydroxylation sites is 1. The van der Waals surface area contributed by atoms with E-state index >= 15 is 0 Å². The van der Waals surface area contributed by atoms with Gasteiger partial charge in [-0.25, -0.2) is 0 Å². The van der Waals surface area contributed by atoms with Gasteiger partial charge in [0.25, 0.3) is 5.91 Å². The normalized spacial score (nSPS) is 15.9. The van der Waals surface area contributed by atoms with Crippen LogP contribution in [0.3, 0.4) is 0 Å². The van der Waals surface area contributed by atoms with E-state index in [1.165, 1.54) is 0 Å². The number of carbonyl (C=O) groups excluding carboxylic acids is 1. The lowest BCUT2D eigenvalue weighted by molar-refractivity contribution is -0.124. The standard InChI is InChI=1S/C21H19NO3/c23-21(22-19-11-12-24-20-8-4-3-7-18(19)20)14-25-17-10-9-15-5-1-2-6-16(15)13-17/h1-10,13,19H,11-12,14H2,(H,22,23)/t19-/m0/s1. The maximum Gasteiger partial charge on any atom is 0.258 e. The molecule has 4 heteroatoms. The molecule has 1 atom stereocenters. The first kappa shape index (κ1) is 15.5. The van der Waals surface area contributed by atoms with Gasteiger partial charge in [0.2, 0.25) is 0 Å². The fraction of sp³-hybridized carbons (Fsp3) is 0.190.